The van der Waals surface area contributed by atoms with Crippen LogP contribution in [0.25, 0.3) is 0 Å². The van der Waals surface area contributed by atoms with Gasteiger partial charge in [0.05, 0.1) is 13.2 Å². The highest BCUT2D eigenvalue weighted by Crippen LogP contribution is 2.11. The van der Waals surface area contributed by atoms with Crippen LogP contribution in [0.1, 0.15) is 12.8 Å². The van der Waals surface area contributed by atoms with E-state index in [0.29, 0.717) is 26.1 Å². The van der Waals surface area contributed by atoms with Crippen molar-refractivity contribution >= 4 is 36.8 Å². The average molecular weight is 335 g/mol. The minimum Gasteiger partial charge on any atom is -0.479 e. The van der Waals surface area contributed by atoms with Crippen molar-refractivity contribution in [3.63, 3.8) is 0 Å². The van der Waals surface area contributed by atoms with Crippen LogP contribution in [0.2, 0.25) is 0 Å². The Morgan fingerprint density at radius 2 is 1.15 bits per heavy atom. The monoisotopic (exact) mass is 334 g/mol. The number of aliphatic carboxylic acids is 2. The smallest absolute Gasteiger partial charge is 0.332 e. The number of carboxylic acids is 2. The van der Waals surface area contributed by atoms with Crippen molar-refractivity contribution in [2.24, 2.45) is 11.5 Å². The summed E-state index contributed by atoms with van der Waals surface area (Å²) in [4.78, 5) is 20.3. The lowest BCUT2D eigenvalue weighted by Crippen LogP contribution is -2.22. The van der Waals surface area contributed by atoms with E-state index in [4.69, 9.17) is 31.2 Å². The normalized spacial score (nSPS) is 31.3. The molecule has 0 saturated carbocycles. The molecule has 0 bridgehead atoms. The molecule has 0 aromatic carbocycles. The number of halogens is 2. The summed E-state index contributed by atoms with van der Waals surface area (Å²) in [5, 5.41) is 16.7. The molecule has 0 spiro atoms. The zero-order valence-electron chi connectivity index (χ0n) is 10.6. The predicted molar refractivity (Wildman–Crippen MR) is 74.4 cm³/mol. The summed E-state index contributed by atoms with van der Waals surface area (Å²) in [7, 11) is 0. The number of carboxylic acid groups (broad SMARTS) is 2. The summed E-state index contributed by atoms with van der Waals surface area (Å²) < 4.78 is 9.60. The molecule has 10 heteroatoms. The van der Waals surface area contributed by atoms with E-state index in [0.717, 1.165) is 0 Å². The minimum absolute atomic E-state index is 0. The number of carbonyl (C=O) groups is 2. The van der Waals surface area contributed by atoms with E-state index in [1.54, 1.807) is 0 Å². The second-order valence-corrected chi connectivity index (χ2v) is 4.31. The number of hydrogen-bond acceptors (Lipinski definition) is 6. The summed E-state index contributed by atoms with van der Waals surface area (Å²) in [5.74, 6) is -1.83. The Hall–Kier alpha value is -0.640. The van der Waals surface area contributed by atoms with Crippen LogP contribution in [0.3, 0.4) is 0 Å². The Kier molecular flexibility index (Phi) is 11.0. The van der Waals surface area contributed by atoms with Crippen molar-refractivity contribution in [1.29, 1.82) is 0 Å². The van der Waals surface area contributed by atoms with Gasteiger partial charge in [-0.2, -0.15) is 0 Å². The van der Waals surface area contributed by atoms with Crippen LogP contribution in [-0.4, -0.2) is 59.7 Å². The zero-order chi connectivity index (χ0) is 13.7. The van der Waals surface area contributed by atoms with Gasteiger partial charge in [-0.3, -0.25) is 0 Å². The number of rotatable bonds is 2. The Morgan fingerprint density at radius 3 is 1.25 bits per heavy atom. The van der Waals surface area contributed by atoms with E-state index in [9.17, 15) is 9.59 Å². The molecule has 2 aliphatic rings. The maximum absolute atomic E-state index is 10.2. The van der Waals surface area contributed by atoms with Crippen molar-refractivity contribution in [2.75, 3.05) is 13.2 Å². The number of hydrogen-bond donors (Lipinski definition) is 4. The molecule has 0 aliphatic carbocycles. The Bertz CT molecular complexity index is 290. The summed E-state index contributed by atoms with van der Waals surface area (Å²) in [6, 6.07) is -0.183. The minimum atomic E-state index is -0.914. The summed E-state index contributed by atoms with van der Waals surface area (Å²) in [6.45, 7) is 0.744. The first-order valence-electron chi connectivity index (χ1n) is 5.60. The quantitative estimate of drug-likeness (QED) is 0.514. The van der Waals surface area contributed by atoms with E-state index < -0.39 is 24.1 Å². The van der Waals surface area contributed by atoms with Crippen LogP contribution < -0.4 is 11.5 Å². The zero-order valence-corrected chi connectivity index (χ0v) is 12.3. The van der Waals surface area contributed by atoms with Crippen LogP contribution in [-0.2, 0) is 19.1 Å². The number of nitrogens with two attached hydrogens (primary N) is 2. The first-order valence-corrected chi connectivity index (χ1v) is 5.60. The van der Waals surface area contributed by atoms with Crippen LogP contribution >= 0.6 is 24.8 Å². The average Bonchev–Trinajstić information content (AvgIpc) is 2.88. The molecular weight excluding hydrogens is 315 g/mol. The fraction of sp³-hybridized carbons (Fsp3) is 0.800. The summed E-state index contributed by atoms with van der Waals surface area (Å²) >= 11 is 0. The lowest BCUT2D eigenvalue weighted by molar-refractivity contribution is -0.148. The maximum atomic E-state index is 10.2. The predicted octanol–water partition coefficient (Wildman–Crippen LogP) is -0.782. The van der Waals surface area contributed by atoms with Crippen molar-refractivity contribution in [3.05, 3.63) is 0 Å². The van der Waals surface area contributed by atoms with Crippen molar-refractivity contribution < 1.29 is 29.3 Å². The molecule has 2 rings (SSSR count). The fourth-order valence-electron chi connectivity index (χ4n) is 1.65. The molecule has 20 heavy (non-hydrogen) atoms. The van der Waals surface area contributed by atoms with Gasteiger partial charge in [-0.1, -0.05) is 0 Å². The molecule has 2 heterocycles. The van der Waals surface area contributed by atoms with E-state index >= 15 is 0 Å². The van der Waals surface area contributed by atoms with Crippen LogP contribution in [0, 0.1) is 0 Å². The summed E-state index contributed by atoms with van der Waals surface area (Å²) in [5.41, 5.74) is 10.7. The van der Waals surface area contributed by atoms with Crippen molar-refractivity contribution in [3.8, 4) is 0 Å². The third kappa shape index (κ3) is 7.22. The van der Waals surface area contributed by atoms with Crippen LogP contribution in [0.5, 0.6) is 0 Å². The Morgan fingerprint density at radius 1 is 0.850 bits per heavy atom. The lowest BCUT2D eigenvalue weighted by atomic mass is 10.2. The molecule has 0 aromatic heterocycles. The van der Waals surface area contributed by atoms with Gasteiger partial charge >= 0.3 is 11.9 Å². The van der Waals surface area contributed by atoms with Crippen molar-refractivity contribution in [2.45, 2.75) is 37.1 Å². The third-order valence-electron chi connectivity index (χ3n) is 2.61. The van der Waals surface area contributed by atoms with Gasteiger partial charge < -0.3 is 31.2 Å². The van der Waals surface area contributed by atoms with Crippen LogP contribution in [0.4, 0.5) is 0 Å². The molecule has 0 radical (unpaired) electrons. The van der Waals surface area contributed by atoms with Gasteiger partial charge in [-0.15, -0.1) is 24.8 Å². The van der Waals surface area contributed by atoms with Crippen LogP contribution in [0.15, 0.2) is 0 Å². The molecular formula is C10H20Cl2N2O6. The van der Waals surface area contributed by atoms with Gasteiger partial charge in [0.25, 0.3) is 0 Å². The maximum Gasteiger partial charge on any atom is 0.332 e. The Balaban J connectivity index is 0. The molecule has 0 amide bonds. The first kappa shape index (κ1) is 21.7. The van der Waals surface area contributed by atoms with E-state index in [2.05, 4.69) is 0 Å². The van der Waals surface area contributed by atoms with Gasteiger partial charge in [0.15, 0.2) is 12.2 Å². The molecule has 2 aliphatic heterocycles. The molecule has 0 aromatic rings. The molecule has 8 nitrogen and oxygen atoms in total. The molecule has 120 valence electrons. The molecule has 4 atom stereocenters. The van der Waals surface area contributed by atoms with Gasteiger partial charge in [-0.25, -0.2) is 9.59 Å². The van der Waals surface area contributed by atoms with E-state index in [1.807, 2.05) is 0 Å². The highest BCUT2D eigenvalue weighted by Gasteiger charge is 2.28. The topological polar surface area (TPSA) is 145 Å². The highest BCUT2D eigenvalue weighted by atomic mass is 35.5. The Labute approximate surface area is 128 Å². The standard InChI is InChI=1S/2C5H9NO3.2ClH/c2*6-3-1-4(5(7)8)9-2-3;;/h2*3-4H,1-2,6H2,(H,7,8);2*1H/t2*3-,4-;;/m10../s1. The van der Waals surface area contributed by atoms with Crippen molar-refractivity contribution in [1.82, 2.24) is 0 Å². The third-order valence-corrected chi connectivity index (χ3v) is 2.61. The van der Waals surface area contributed by atoms with Gasteiger partial charge in [0.2, 0.25) is 0 Å². The molecule has 0 unspecified atom stereocenters. The van der Waals surface area contributed by atoms with Gasteiger partial charge in [-0.05, 0) is 0 Å². The SMILES string of the molecule is Cl.Cl.N[C@@H]1CO[C@H](C(=O)O)C1.N[C@H]1CO[C@@H](C(=O)O)C1. The second kappa shape index (κ2) is 10.1. The fourth-order valence-corrected chi connectivity index (χ4v) is 1.65. The molecule has 2 saturated heterocycles. The largest absolute Gasteiger partial charge is 0.479 e. The number of ether oxygens (including phenoxy) is 2. The highest BCUT2D eigenvalue weighted by molar-refractivity contribution is 5.85. The lowest BCUT2D eigenvalue weighted by Gasteiger charge is -1.98. The van der Waals surface area contributed by atoms with E-state index in [1.165, 1.54) is 0 Å². The summed E-state index contributed by atoms with van der Waals surface area (Å²) in [6.07, 6.45) is -0.454. The second-order valence-electron chi connectivity index (χ2n) is 4.31. The molecule has 6 N–H and O–H groups in total. The molecule has 2 fully saturated rings. The van der Waals surface area contributed by atoms with Gasteiger partial charge in [0.1, 0.15) is 0 Å². The first-order chi connectivity index (χ1) is 8.40. The van der Waals surface area contributed by atoms with Gasteiger partial charge in [0, 0.05) is 24.9 Å². The van der Waals surface area contributed by atoms with E-state index in [-0.39, 0.29) is 36.9 Å².